The second-order valence-electron chi connectivity index (χ2n) is 6.39. The zero-order valence-electron chi connectivity index (χ0n) is 15.9. The van der Waals surface area contributed by atoms with Crippen molar-refractivity contribution in [3.05, 3.63) is 46.7 Å². The highest BCUT2D eigenvalue weighted by molar-refractivity contribution is 7.09. The van der Waals surface area contributed by atoms with Crippen LogP contribution in [-0.2, 0) is 20.9 Å². The third-order valence-corrected chi connectivity index (χ3v) is 5.43. The van der Waals surface area contributed by atoms with Crippen LogP contribution < -0.4 is 15.0 Å². The van der Waals surface area contributed by atoms with E-state index in [2.05, 4.69) is 10.2 Å². The van der Waals surface area contributed by atoms with Crippen molar-refractivity contribution < 1.29 is 19.1 Å². The largest absolute Gasteiger partial charge is 0.495 e. The van der Waals surface area contributed by atoms with Gasteiger partial charge >= 0.3 is 0 Å². The average Bonchev–Trinajstić information content (AvgIpc) is 3.26. The molecule has 7 nitrogen and oxygen atoms in total. The van der Waals surface area contributed by atoms with Crippen molar-refractivity contribution >= 4 is 28.8 Å². The highest BCUT2D eigenvalue weighted by Crippen LogP contribution is 2.28. The predicted octanol–water partition coefficient (Wildman–Crippen LogP) is 1.74. The van der Waals surface area contributed by atoms with Gasteiger partial charge < -0.3 is 24.6 Å². The van der Waals surface area contributed by atoms with Crippen molar-refractivity contribution in [2.24, 2.45) is 0 Å². The molecular weight excluding hydrogens is 378 g/mol. The highest BCUT2D eigenvalue weighted by Gasteiger charge is 2.23. The minimum absolute atomic E-state index is 0.0823. The number of thiophene rings is 1. The molecule has 1 fully saturated rings. The van der Waals surface area contributed by atoms with E-state index in [9.17, 15) is 9.59 Å². The zero-order chi connectivity index (χ0) is 19.8. The lowest BCUT2D eigenvalue weighted by molar-refractivity contribution is -0.138. The van der Waals surface area contributed by atoms with Gasteiger partial charge in [0.05, 0.1) is 19.3 Å². The fourth-order valence-corrected chi connectivity index (χ4v) is 3.70. The van der Waals surface area contributed by atoms with Gasteiger partial charge in [-0.25, -0.2) is 0 Å². The lowest BCUT2D eigenvalue weighted by atomic mass is 10.2. The number of hydrogen-bond donors (Lipinski definition) is 1. The van der Waals surface area contributed by atoms with E-state index in [1.807, 2.05) is 41.8 Å². The fraction of sp³-hybridized carbons (Fsp3) is 0.400. The van der Waals surface area contributed by atoms with Crippen LogP contribution in [0, 0.1) is 0 Å². The molecule has 0 atom stereocenters. The normalized spacial score (nSPS) is 14.0. The Morgan fingerprint density at radius 2 is 1.86 bits per heavy atom. The van der Waals surface area contributed by atoms with Crippen molar-refractivity contribution in [3.8, 4) is 5.75 Å². The second-order valence-corrected chi connectivity index (χ2v) is 7.42. The van der Waals surface area contributed by atoms with Crippen molar-refractivity contribution in [2.45, 2.75) is 6.54 Å². The van der Waals surface area contributed by atoms with Crippen LogP contribution in [0.5, 0.6) is 5.75 Å². The van der Waals surface area contributed by atoms with Gasteiger partial charge in [-0.05, 0) is 23.6 Å². The zero-order valence-corrected chi connectivity index (χ0v) is 16.7. The molecular formula is C20H25N3O4S. The first-order chi connectivity index (χ1) is 13.7. The maximum absolute atomic E-state index is 12.3. The summed E-state index contributed by atoms with van der Waals surface area (Å²) in [5, 5.41) is 4.74. The third kappa shape index (κ3) is 5.46. The van der Waals surface area contributed by atoms with Crippen LogP contribution >= 0.6 is 11.3 Å². The number of nitrogens with one attached hydrogen (secondary N) is 1. The Morgan fingerprint density at radius 1 is 1.07 bits per heavy atom. The van der Waals surface area contributed by atoms with Crippen LogP contribution in [0.4, 0.5) is 5.69 Å². The summed E-state index contributed by atoms with van der Waals surface area (Å²) in [6.45, 7) is 2.98. The van der Waals surface area contributed by atoms with E-state index < -0.39 is 0 Å². The minimum Gasteiger partial charge on any atom is -0.495 e. The number of ether oxygens (including phenoxy) is 2. The number of benzene rings is 1. The van der Waals surface area contributed by atoms with Gasteiger partial charge in [0, 0.05) is 31.1 Å². The molecule has 2 amide bonds. The van der Waals surface area contributed by atoms with E-state index in [0.29, 0.717) is 19.6 Å². The van der Waals surface area contributed by atoms with Crippen LogP contribution in [0.3, 0.4) is 0 Å². The van der Waals surface area contributed by atoms with Crippen LogP contribution in [-0.4, -0.2) is 63.2 Å². The van der Waals surface area contributed by atoms with Crippen molar-refractivity contribution in [3.63, 3.8) is 0 Å². The molecule has 1 aliphatic heterocycles. The lowest BCUT2D eigenvalue weighted by Gasteiger charge is -2.36. The molecule has 1 saturated heterocycles. The molecule has 0 bridgehead atoms. The number of para-hydroxylation sites is 2. The van der Waals surface area contributed by atoms with Crippen LogP contribution in [0.25, 0.3) is 0 Å². The van der Waals surface area contributed by atoms with Gasteiger partial charge in [-0.15, -0.1) is 11.3 Å². The number of anilines is 1. The van der Waals surface area contributed by atoms with Gasteiger partial charge in [0.1, 0.15) is 19.0 Å². The first kappa shape index (κ1) is 20.2. The van der Waals surface area contributed by atoms with Crippen molar-refractivity contribution in [2.75, 3.05) is 51.4 Å². The van der Waals surface area contributed by atoms with E-state index in [0.717, 1.165) is 29.4 Å². The molecule has 28 heavy (non-hydrogen) atoms. The first-order valence-corrected chi connectivity index (χ1v) is 10.1. The summed E-state index contributed by atoms with van der Waals surface area (Å²) in [5.74, 6) is 0.520. The summed E-state index contributed by atoms with van der Waals surface area (Å²) in [6, 6.07) is 11.8. The summed E-state index contributed by atoms with van der Waals surface area (Å²) < 4.78 is 10.7. The molecule has 150 valence electrons. The lowest BCUT2D eigenvalue weighted by Crippen LogP contribution is -2.50. The summed E-state index contributed by atoms with van der Waals surface area (Å²) in [4.78, 5) is 29.2. The number of rotatable bonds is 8. The molecule has 1 aromatic heterocycles. The van der Waals surface area contributed by atoms with Gasteiger partial charge in [-0.1, -0.05) is 18.2 Å². The number of carbonyl (C=O) groups excluding carboxylic acids is 2. The van der Waals surface area contributed by atoms with E-state index in [4.69, 9.17) is 9.47 Å². The van der Waals surface area contributed by atoms with E-state index in [1.54, 1.807) is 23.3 Å². The Bertz CT molecular complexity index is 774. The van der Waals surface area contributed by atoms with Crippen LogP contribution in [0.2, 0.25) is 0 Å². The maximum Gasteiger partial charge on any atom is 0.248 e. The Kier molecular flexibility index (Phi) is 7.27. The number of carbonyl (C=O) groups is 2. The molecule has 1 aromatic carbocycles. The summed E-state index contributed by atoms with van der Waals surface area (Å²) in [7, 11) is 1.66. The SMILES string of the molecule is COc1ccccc1N1CCN(C(=O)COCC(=O)NCc2cccs2)CC1. The molecule has 0 unspecified atom stereocenters. The molecule has 1 N–H and O–H groups in total. The fourth-order valence-electron chi connectivity index (χ4n) is 3.06. The monoisotopic (exact) mass is 403 g/mol. The molecule has 0 spiro atoms. The van der Waals surface area contributed by atoms with Crippen molar-refractivity contribution in [1.29, 1.82) is 0 Å². The molecule has 0 aliphatic carbocycles. The number of amides is 2. The van der Waals surface area contributed by atoms with Gasteiger partial charge in [-0.3, -0.25) is 9.59 Å². The predicted molar refractivity (Wildman–Crippen MR) is 109 cm³/mol. The summed E-state index contributed by atoms with van der Waals surface area (Å²) >= 11 is 1.59. The smallest absolute Gasteiger partial charge is 0.248 e. The molecule has 8 heteroatoms. The number of hydrogen-bond acceptors (Lipinski definition) is 6. The Morgan fingerprint density at radius 3 is 2.57 bits per heavy atom. The Labute approximate surface area is 168 Å². The molecule has 0 saturated carbocycles. The van der Waals surface area contributed by atoms with Gasteiger partial charge in [0.2, 0.25) is 11.8 Å². The van der Waals surface area contributed by atoms with Crippen molar-refractivity contribution in [1.82, 2.24) is 10.2 Å². The molecule has 1 aliphatic rings. The summed E-state index contributed by atoms with van der Waals surface area (Å²) in [5.41, 5.74) is 1.04. The molecule has 0 radical (unpaired) electrons. The van der Waals surface area contributed by atoms with Crippen LogP contribution in [0.1, 0.15) is 4.88 Å². The van der Waals surface area contributed by atoms with E-state index in [1.165, 1.54) is 0 Å². The number of methoxy groups -OCH3 is 1. The van der Waals surface area contributed by atoms with E-state index >= 15 is 0 Å². The molecule has 2 aromatic rings. The number of nitrogens with zero attached hydrogens (tertiary/aromatic N) is 2. The molecule has 3 rings (SSSR count). The van der Waals surface area contributed by atoms with Gasteiger partial charge in [0.25, 0.3) is 0 Å². The van der Waals surface area contributed by atoms with Gasteiger partial charge in [0.15, 0.2) is 0 Å². The first-order valence-electron chi connectivity index (χ1n) is 9.20. The van der Waals surface area contributed by atoms with Crippen LogP contribution in [0.15, 0.2) is 41.8 Å². The average molecular weight is 404 g/mol. The Balaban J connectivity index is 1.36. The maximum atomic E-state index is 12.3. The molecule has 2 heterocycles. The third-order valence-electron chi connectivity index (χ3n) is 4.56. The quantitative estimate of drug-likeness (QED) is 0.727. The summed E-state index contributed by atoms with van der Waals surface area (Å²) in [6.07, 6.45) is 0. The van der Waals surface area contributed by atoms with Gasteiger partial charge in [-0.2, -0.15) is 0 Å². The Hall–Kier alpha value is -2.58. The second kappa shape index (κ2) is 10.1. The standard InChI is InChI=1S/C20H25N3O4S/c1-26-18-7-3-2-6-17(18)22-8-10-23(11-9-22)20(25)15-27-14-19(24)21-13-16-5-4-12-28-16/h2-7,12H,8-11,13-15H2,1H3,(H,21,24). The van der Waals surface area contributed by atoms with E-state index in [-0.39, 0.29) is 25.0 Å². The number of piperazine rings is 1. The topological polar surface area (TPSA) is 71.1 Å². The minimum atomic E-state index is -0.220. The highest BCUT2D eigenvalue weighted by atomic mass is 32.1.